The number of anilines is 1. The fourth-order valence-electron chi connectivity index (χ4n) is 4.33. The number of rotatable bonds is 8. The first-order chi connectivity index (χ1) is 17.2. The molecule has 1 heterocycles. The lowest BCUT2D eigenvalue weighted by Crippen LogP contribution is -2.45. The van der Waals surface area contributed by atoms with Crippen LogP contribution in [0.1, 0.15) is 47.3 Å². The van der Waals surface area contributed by atoms with Gasteiger partial charge >= 0.3 is 6.03 Å². The molecule has 0 radical (unpaired) electrons. The first-order valence-electron chi connectivity index (χ1n) is 11.9. The Balaban J connectivity index is 1.57. The Morgan fingerprint density at radius 3 is 2.11 bits per heavy atom. The lowest BCUT2D eigenvalue weighted by Gasteiger charge is -2.28. The molecule has 7 heteroatoms. The molecular formula is C29H29N3O4. The molecule has 0 aromatic heterocycles. The average molecular weight is 484 g/mol. The Morgan fingerprint density at radius 2 is 1.50 bits per heavy atom. The van der Waals surface area contributed by atoms with Crippen LogP contribution in [0.3, 0.4) is 0 Å². The predicted octanol–water partition coefficient (Wildman–Crippen LogP) is 4.66. The molecule has 2 N–H and O–H groups in total. The second kappa shape index (κ2) is 10.2. The van der Waals surface area contributed by atoms with E-state index in [-0.39, 0.29) is 17.6 Å². The molecule has 4 rings (SSSR count). The van der Waals surface area contributed by atoms with Crippen LogP contribution < -0.4 is 10.6 Å². The van der Waals surface area contributed by atoms with Gasteiger partial charge in [0.2, 0.25) is 5.91 Å². The monoisotopic (exact) mass is 483 g/mol. The van der Waals surface area contributed by atoms with E-state index in [4.69, 9.17) is 0 Å². The summed E-state index contributed by atoms with van der Waals surface area (Å²) in [6, 6.07) is 22.2. The van der Waals surface area contributed by atoms with E-state index in [0.717, 1.165) is 10.5 Å². The minimum Gasteiger partial charge on any atom is -0.326 e. The number of hydrogen-bond acceptors (Lipinski definition) is 4. The van der Waals surface area contributed by atoms with Gasteiger partial charge in [0, 0.05) is 17.7 Å². The van der Waals surface area contributed by atoms with Gasteiger partial charge < -0.3 is 10.6 Å². The lowest BCUT2D eigenvalue weighted by molar-refractivity contribution is -0.130. The average Bonchev–Trinajstić information content (AvgIpc) is 3.10. The molecule has 1 aliphatic rings. The van der Waals surface area contributed by atoms with Crippen LogP contribution in [0.25, 0.3) is 0 Å². The zero-order valence-electron chi connectivity index (χ0n) is 20.6. The van der Waals surface area contributed by atoms with Gasteiger partial charge in [0.15, 0.2) is 11.3 Å². The van der Waals surface area contributed by atoms with Crippen molar-refractivity contribution in [3.8, 4) is 0 Å². The highest BCUT2D eigenvalue weighted by molar-refractivity contribution is 6.13. The van der Waals surface area contributed by atoms with Crippen molar-refractivity contribution >= 4 is 29.3 Å². The summed E-state index contributed by atoms with van der Waals surface area (Å²) in [6.45, 7) is 5.47. The summed E-state index contributed by atoms with van der Waals surface area (Å²) in [4.78, 5) is 52.8. The molecule has 3 aromatic carbocycles. The maximum atomic E-state index is 13.8. The predicted molar refractivity (Wildman–Crippen MR) is 138 cm³/mol. The lowest BCUT2D eigenvalue weighted by atomic mass is 9.82. The number of carbonyl (C=O) groups excluding carboxylic acids is 4. The number of benzene rings is 3. The highest BCUT2D eigenvalue weighted by atomic mass is 16.2. The van der Waals surface area contributed by atoms with Crippen LogP contribution in [0.2, 0.25) is 0 Å². The van der Waals surface area contributed by atoms with Crippen LogP contribution >= 0.6 is 0 Å². The maximum Gasteiger partial charge on any atom is 0.325 e. The first kappa shape index (κ1) is 24.9. The third-order valence-electron chi connectivity index (χ3n) is 6.18. The van der Waals surface area contributed by atoms with E-state index in [1.807, 2.05) is 51.1 Å². The number of urea groups is 1. The number of carbonyl (C=O) groups is 4. The summed E-state index contributed by atoms with van der Waals surface area (Å²) in [5, 5.41) is 5.66. The van der Waals surface area contributed by atoms with E-state index in [1.165, 1.54) is 0 Å². The van der Waals surface area contributed by atoms with Crippen molar-refractivity contribution in [1.82, 2.24) is 10.2 Å². The summed E-state index contributed by atoms with van der Waals surface area (Å²) in [6.07, 6.45) is 0.400. The number of Topliss-reactive ketones (excluding diaryl/α,β-unsaturated/α-hetero) is 1. The second-order valence-corrected chi connectivity index (χ2v) is 9.45. The maximum absolute atomic E-state index is 13.8. The summed E-state index contributed by atoms with van der Waals surface area (Å²) >= 11 is 0. The molecule has 1 saturated heterocycles. The van der Waals surface area contributed by atoms with E-state index >= 15 is 0 Å². The van der Waals surface area contributed by atoms with Crippen molar-refractivity contribution in [3.63, 3.8) is 0 Å². The molecule has 1 aliphatic heterocycles. The molecular weight excluding hydrogens is 454 g/mol. The van der Waals surface area contributed by atoms with Gasteiger partial charge in [0.1, 0.15) is 0 Å². The van der Waals surface area contributed by atoms with E-state index in [9.17, 15) is 19.2 Å². The molecule has 36 heavy (non-hydrogen) atoms. The zero-order chi connectivity index (χ0) is 25.9. The first-order valence-corrected chi connectivity index (χ1v) is 11.9. The van der Waals surface area contributed by atoms with Gasteiger partial charge in [-0.25, -0.2) is 4.79 Å². The van der Waals surface area contributed by atoms with Crippen molar-refractivity contribution in [2.75, 3.05) is 11.9 Å². The SMILES string of the molecule is Cc1ccc(C2(c3ccccc3)NC(=O)N(CC(=O)c3ccc(NC(=O)CC(C)C)cc3)C2=O)cc1. The van der Waals surface area contributed by atoms with Crippen LogP contribution in [0.15, 0.2) is 78.9 Å². The molecule has 0 saturated carbocycles. The van der Waals surface area contributed by atoms with Gasteiger partial charge in [-0.3, -0.25) is 19.3 Å². The number of nitrogens with zero attached hydrogens (tertiary/aromatic N) is 1. The van der Waals surface area contributed by atoms with Gasteiger partial charge in [0.25, 0.3) is 5.91 Å². The molecule has 0 aliphatic carbocycles. The van der Waals surface area contributed by atoms with Gasteiger partial charge in [-0.15, -0.1) is 0 Å². The molecule has 7 nitrogen and oxygen atoms in total. The Kier molecular flexibility index (Phi) is 7.01. The van der Waals surface area contributed by atoms with E-state index in [2.05, 4.69) is 10.6 Å². The number of aryl methyl sites for hydroxylation is 1. The third-order valence-corrected chi connectivity index (χ3v) is 6.18. The minimum absolute atomic E-state index is 0.100. The minimum atomic E-state index is -1.42. The van der Waals surface area contributed by atoms with Crippen LogP contribution in [0.5, 0.6) is 0 Å². The zero-order valence-corrected chi connectivity index (χ0v) is 20.6. The van der Waals surface area contributed by atoms with Crippen LogP contribution in [0.4, 0.5) is 10.5 Å². The quantitative estimate of drug-likeness (QED) is 0.360. The molecule has 1 fully saturated rings. The normalized spacial score (nSPS) is 17.3. The van der Waals surface area contributed by atoms with Crippen LogP contribution in [0, 0.1) is 12.8 Å². The number of amides is 4. The van der Waals surface area contributed by atoms with Crippen molar-refractivity contribution < 1.29 is 19.2 Å². The Morgan fingerprint density at radius 1 is 0.889 bits per heavy atom. The number of nitrogens with one attached hydrogen (secondary N) is 2. The van der Waals surface area contributed by atoms with Gasteiger partial charge in [0.05, 0.1) is 6.54 Å². The van der Waals surface area contributed by atoms with Gasteiger partial charge in [-0.1, -0.05) is 74.0 Å². The number of imide groups is 1. The summed E-state index contributed by atoms with van der Waals surface area (Å²) in [5.74, 6) is -0.755. The van der Waals surface area contributed by atoms with Crippen LogP contribution in [-0.4, -0.2) is 35.1 Å². The molecule has 184 valence electrons. The topological polar surface area (TPSA) is 95.6 Å². The second-order valence-electron chi connectivity index (χ2n) is 9.45. The van der Waals surface area contributed by atoms with Gasteiger partial charge in [-0.05, 0) is 48.2 Å². The fourth-order valence-corrected chi connectivity index (χ4v) is 4.33. The van der Waals surface area contributed by atoms with Crippen LogP contribution in [-0.2, 0) is 15.1 Å². The molecule has 1 unspecified atom stereocenters. The number of ketones is 1. The van der Waals surface area contributed by atoms with Gasteiger partial charge in [-0.2, -0.15) is 0 Å². The van der Waals surface area contributed by atoms with E-state index in [1.54, 1.807) is 48.5 Å². The molecule has 4 amide bonds. The molecule has 0 bridgehead atoms. The van der Waals surface area contributed by atoms with Crippen molar-refractivity contribution in [2.24, 2.45) is 5.92 Å². The third kappa shape index (κ3) is 4.91. The van der Waals surface area contributed by atoms with E-state index in [0.29, 0.717) is 28.8 Å². The summed E-state index contributed by atoms with van der Waals surface area (Å²) < 4.78 is 0. The van der Waals surface area contributed by atoms with Crippen molar-refractivity contribution in [2.45, 2.75) is 32.7 Å². The molecule has 0 spiro atoms. The highest BCUT2D eigenvalue weighted by Crippen LogP contribution is 2.36. The van der Waals surface area contributed by atoms with E-state index < -0.39 is 24.0 Å². The Bertz CT molecular complexity index is 1280. The largest absolute Gasteiger partial charge is 0.326 e. The Labute approximate surface area is 210 Å². The highest BCUT2D eigenvalue weighted by Gasteiger charge is 2.54. The molecule has 1 atom stereocenters. The van der Waals surface area contributed by atoms with Crippen molar-refractivity contribution in [1.29, 1.82) is 0 Å². The fraction of sp³-hybridized carbons (Fsp3) is 0.241. The molecule has 3 aromatic rings. The summed E-state index contributed by atoms with van der Waals surface area (Å²) in [5.41, 5.74) is 1.75. The standard InChI is InChI=1S/C29H29N3O4/c1-19(2)17-26(34)30-24-15-11-21(12-16-24)25(33)18-32-27(35)29(31-28(32)36,22-7-5-4-6-8-22)23-13-9-20(3)10-14-23/h4-16,19H,17-18H2,1-3H3,(H,30,34)(H,31,36). The van der Waals surface area contributed by atoms with Crippen molar-refractivity contribution in [3.05, 3.63) is 101 Å². The Hall–Kier alpha value is -4.26. The smallest absolute Gasteiger partial charge is 0.325 e. The number of hydrogen-bond donors (Lipinski definition) is 2. The summed E-state index contributed by atoms with van der Waals surface area (Å²) in [7, 11) is 0.